The number of anilines is 1. The third-order valence-corrected chi connectivity index (χ3v) is 5.76. The first-order valence-corrected chi connectivity index (χ1v) is 9.19. The van der Waals surface area contributed by atoms with Gasteiger partial charge in [0.1, 0.15) is 11.5 Å². The van der Waals surface area contributed by atoms with E-state index < -0.39 is 0 Å². The Morgan fingerprint density at radius 1 is 1.08 bits per heavy atom. The highest BCUT2D eigenvalue weighted by molar-refractivity contribution is 5.57. The molecule has 26 heavy (non-hydrogen) atoms. The molecular formula is C21H21N5. The van der Waals surface area contributed by atoms with Gasteiger partial charge in [0, 0.05) is 42.3 Å². The van der Waals surface area contributed by atoms with Gasteiger partial charge in [-0.25, -0.2) is 9.97 Å². The highest BCUT2D eigenvalue weighted by Gasteiger charge is 2.56. The summed E-state index contributed by atoms with van der Waals surface area (Å²) in [4.78, 5) is 20.6. The molecule has 3 aromatic heterocycles. The summed E-state index contributed by atoms with van der Waals surface area (Å²) in [6.45, 7) is 3.08. The number of aryl methyl sites for hydroxylation is 1. The van der Waals surface area contributed by atoms with Crippen molar-refractivity contribution >= 4 is 5.82 Å². The Kier molecular flexibility index (Phi) is 3.48. The number of pyridine rings is 2. The van der Waals surface area contributed by atoms with Crippen molar-refractivity contribution in [1.29, 1.82) is 0 Å². The SMILES string of the molecule is Cc1cc(N2CC3(CCC3)C2c2cccnc2)nc(-c2ccccn2)n1. The maximum atomic E-state index is 4.86. The summed E-state index contributed by atoms with van der Waals surface area (Å²) in [5.74, 6) is 1.68. The van der Waals surface area contributed by atoms with Crippen LogP contribution in [-0.4, -0.2) is 26.5 Å². The topological polar surface area (TPSA) is 54.8 Å². The minimum absolute atomic E-state index is 0.357. The fraction of sp³-hybridized carbons (Fsp3) is 0.333. The molecule has 130 valence electrons. The molecule has 4 heterocycles. The molecule has 5 heteroatoms. The molecule has 1 aliphatic heterocycles. The number of hydrogen-bond donors (Lipinski definition) is 0. The third kappa shape index (κ3) is 2.38. The van der Waals surface area contributed by atoms with Crippen LogP contribution in [0.3, 0.4) is 0 Å². The van der Waals surface area contributed by atoms with E-state index in [1.807, 2.05) is 43.6 Å². The van der Waals surface area contributed by atoms with Crippen molar-refractivity contribution in [3.63, 3.8) is 0 Å². The number of nitrogens with zero attached hydrogens (tertiary/aromatic N) is 5. The first kappa shape index (κ1) is 15.4. The lowest BCUT2D eigenvalue weighted by Gasteiger charge is -2.63. The maximum absolute atomic E-state index is 4.86. The Morgan fingerprint density at radius 3 is 2.69 bits per heavy atom. The van der Waals surface area contributed by atoms with Crippen molar-refractivity contribution in [3.05, 3.63) is 66.2 Å². The van der Waals surface area contributed by atoms with Gasteiger partial charge in [0.2, 0.25) is 0 Å². The van der Waals surface area contributed by atoms with Crippen LogP contribution in [0.4, 0.5) is 5.82 Å². The van der Waals surface area contributed by atoms with Crippen molar-refractivity contribution < 1.29 is 0 Å². The van der Waals surface area contributed by atoms with Crippen molar-refractivity contribution in [2.45, 2.75) is 32.2 Å². The third-order valence-electron chi connectivity index (χ3n) is 5.76. The molecule has 1 aliphatic carbocycles. The quantitative estimate of drug-likeness (QED) is 0.720. The number of rotatable bonds is 3. The molecule has 0 aromatic carbocycles. The first-order chi connectivity index (χ1) is 12.8. The second kappa shape index (κ2) is 5.87. The smallest absolute Gasteiger partial charge is 0.180 e. The van der Waals surface area contributed by atoms with Gasteiger partial charge in [-0.05, 0) is 43.5 Å². The van der Waals surface area contributed by atoms with Crippen LogP contribution in [0, 0.1) is 12.3 Å². The maximum Gasteiger partial charge on any atom is 0.180 e. The van der Waals surface area contributed by atoms with Crippen LogP contribution in [0.1, 0.15) is 36.6 Å². The summed E-state index contributed by atoms with van der Waals surface area (Å²) in [6, 6.07) is 12.5. The molecule has 0 N–H and O–H groups in total. The van der Waals surface area contributed by atoms with Crippen LogP contribution in [-0.2, 0) is 0 Å². The van der Waals surface area contributed by atoms with Gasteiger partial charge in [-0.1, -0.05) is 18.6 Å². The predicted octanol–water partition coefficient (Wildman–Crippen LogP) is 3.97. The molecule has 5 rings (SSSR count). The molecule has 1 atom stereocenters. The van der Waals surface area contributed by atoms with Crippen molar-refractivity contribution in [2.24, 2.45) is 5.41 Å². The average Bonchev–Trinajstić information content (AvgIpc) is 2.61. The highest BCUT2D eigenvalue weighted by atomic mass is 15.3. The largest absolute Gasteiger partial charge is 0.348 e. The zero-order valence-corrected chi connectivity index (χ0v) is 14.8. The normalized spacial score (nSPS) is 20.5. The van der Waals surface area contributed by atoms with Crippen LogP contribution in [0.2, 0.25) is 0 Å². The van der Waals surface area contributed by atoms with Crippen LogP contribution >= 0.6 is 0 Å². The second-order valence-electron chi connectivity index (χ2n) is 7.44. The molecule has 3 aromatic rings. The van der Waals surface area contributed by atoms with E-state index >= 15 is 0 Å². The minimum Gasteiger partial charge on any atom is -0.348 e. The fourth-order valence-corrected chi connectivity index (χ4v) is 4.39. The van der Waals surface area contributed by atoms with Gasteiger partial charge in [-0.3, -0.25) is 9.97 Å². The van der Waals surface area contributed by atoms with E-state index in [1.54, 1.807) is 6.20 Å². The fourth-order valence-electron chi connectivity index (χ4n) is 4.39. The van der Waals surface area contributed by atoms with Gasteiger partial charge in [-0.2, -0.15) is 0 Å². The average molecular weight is 343 g/mol. The molecule has 5 nitrogen and oxygen atoms in total. The zero-order valence-electron chi connectivity index (χ0n) is 14.8. The second-order valence-corrected chi connectivity index (χ2v) is 7.44. The molecule has 0 amide bonds. The Balaban J connectivity index is 1.54. The van der Waals surface area contributed by atoms with Gasteiger partial charge in [0.25, 0.3) is 0 Å². The lowest BCUT2D eigenvalue weighted by Crippen LogP contribution is -2.62. The van der Waals surface area contributed by atoms with Crippen molar-refractivity contribution in [2.75, 3.05) is 11.4 Å². The molecule has 0 radical (unpaired) electrons. The summed E-state index contributed by atoms with van der Waals surface area (Å²) in [6.07, 6.45) is 9.54. The molecule has 1 saturated carbocycles. The van der Waals surface area contributed by atoms with E-state index in [0.29, 0.717) is 17.3 Å². The summed E-state index contributed by atoms with van der Waals surface area (Å²) in [7, 11) is 0. The van der Waals surface area contributed by atoms with Gasteiger partial charge in [0.05, 0.1) is 6.04 Å². The highest BCUT2D eigenvalue weighted by Crippen LogP contribution is 2.61. The van der Waals surface area contributed by atoms with E-state index in [4.69, 9.17) is 4.98 Å². The Morgan fingerprint density at radius 2 is 2.00 bits per heavy atom. The molecule has 2 fully saturated rings. The van der Waals surface area contributed by atoms with Crippen LogP contribution in [0.5, 0.6) is 0 Å². The lowest BCUT2D eigenvalue weighted by molar-refractivity contribution is 0.0275. The molecule has 2 aliphatic rings. The minimum atomic E-state index is 0.357. The molecule has 1 unspecified atom stereocenters. The summed E-state index contributed by atoms with van der Waals surface area (Å²) in [5.41, 5.74) is 3.46. The van der Waals surface area contributed by atoms with Crippen LogP contribution in [0.15, 0.2) is 55.0 Å². The summed E-state index contributed by atoms with van der Waals surface area (Å²) in [5, 5.41) is 0. The van der Waals surface area contributed by atoms with E-state index in [1.165, 1.54) is 24.8 Å². The Hall–Kier alpha value is -2.82. The van der Waals surface area contributed by atoms with E-state index in [0.717, 1.165) is 23.8 Å². The molecule has 1 saturated heterocycles. The monoisotopic (exact) mass is 343 g/mol. The van der Waals surface area contributed by atoms with E-state index in [-0.39, 0.29) is 0 Å². The molecule has 1 spiro atoms. The van der Waals surface area contributed by atoms with Gasteiger partial charge >= 0.3 is 0 Å². The molecular weight excluding hydrogens is 322 g/mol. The Labute approximate surface area is 153 Å². The summed E-state index contributed by atoms with van der Waals surface area (Å²) >= 11 is 0. The summed E-state index contributed by atoms with van der Waals surface area (Å²) < 4.78 is 0. The predicted molar refractivity (Wildman–Crippen MR) is 101 cm³/mol. The standard InChI is InChI=1S/C21H21N5/c1-15-12-18(25-20(24-15)17-7-2-3-11-23-17)26-14-21(8-5-9-21)19(26)16-6-4-10-22-13-16/h2-4,6-7,10-13,19H,5,8-9,14H2,1H3. The zero-order chi connectivity index (χ0) is 17.6. The number of hydrogen-bond acceptors (Lipinski definition) is 5. The lowest BCUT2D eigenvalue weighted by atomic mass is 9.56. The van der Waals surface area contributed by atoms with Gasteiger partial charge in [0.15, 0.2) is 5.82 Å². The van der Waals surface area contributed by atoms with E-state index in [2.05, 4.69) is 32.0 Å². The van der Waals surface area contributed by atoms with E-state index in [9.17, 15) is 0 Å². The molecule has 0 bridgehead atoms. The van der Waals surface area contributed by atoms with Gasteiger partial charge in [-0.15, -0.1) is 0 Å². The van der Waals surface area contributed by atoms with Crippen molar-refractivity contribution in [3.8, 4) is 11.5 Å². The van der Waals surface area contributed by atoms with Gasteiger partial charge < -0.3 is 4.90 Å². The first-order valence-electron chi connectivity index (χ1n) is 9.19. The van der Waals surface area contributed by atoms with Crippen molar-refractivity contribution in [1.82, 2.24) is 19.9 Å². The Bertz CT molecular complexity index is 922. The van der Waals surface area contributed by atoms with Crippen LogP contribution in [0.25, 0.3) is 11.5 Å². The number of aromatic nitrogens is 4. The van der Waals surface area contributed by atoms with Crippen LogP contribution < -0.4 is 4.90 Å².